The van der Waals surface area contributed by atoms with Gasteiger partial charge in [0.1, 0.15) is 30.2 Å². The highest BCUT2D eigenvalue weighted by molar-refractivity contribution is 7.63. The Labute approximate surface area is 280 Å². The van der Waals surface area contributed by atoms with Crippen LogP contribution in [-0.2, 0) is 41.6 Å². The normalized spacial score (nSPS) is 22.8. The number of carbonyl (C=O) groups excluding carboxylic acids is 2. The lowest BCUT2D eigenvalue weighted by Crippen LogP contribution is -2.36. The summed E-state index contributed by atoms with van der Waals surface area (Å²) < 4.78 is 53.7. The number of halogens is 1. The van der Waals surface area contributed by atoms with Crippen molar-refractivity contribution in [2.45, 2.75) is 77.0 Å². The highest BCUT2D eigenvalue weighted by Gasteiger charge is 2.46. The van der Waals surface area contributed by atoms with Crippen molar-refractivity contribution >= 4 is 56.2 Å². The summed E-state index contributed by atoms with van der Waals surface area (Å²) in [5.74, 6) is -1.91. The van der Waals surface area contributed by atoms with E-state index in [1.54, 1.807) is 0 Å². The Morgan fingerprint density at radius 2 is 1.90 bits per heavy atom. The molecule has 2 aromatic heterocycles. The quantitative estimate of drug-likeness (QED) is 0.0424. The number of nitrogen functional groups attached to an aromatic ring is 1. The van der Waals surface area contributed by atoms with Crippen molar-refractivity contribution < 1.29 is 56.7 Å². The second-order valence-corrected chi connectivity index (χ2v) is 14.5. The van der Waals surface area contributed by atoms with E-state index < -0.39 is 76.8 Å². The lowest BCUT2D eigenvalue weighted by molar-refractivity contribution is -0.146. The predicted molar refractivity (Wildman–Crippen MR) is 169 cm³/mol. The number of nitrogens with one attached hydrogen (secondary N) is 3. The number of imidazole rings is 1. The Bertz CT molecular complexity index is 1540. The van der Waals surface area contributed by atoms with Crippen LogP contribution in [0.25, 0.3) is 11.2 Å². The number of alkyl halides is 1. The average Bonchev–Trinajstić information content (AvgIpc) is 3.56. The minimum absolute atomic E-state index is 0.0736. The molecule has 3 heterocycles. The molecule has 3 unspecified atom stereocenters. The lowest BCUT2D eigenvalue weighted by Gasteiger charge is -2.25. The molecule has 1 aliphatic heterocycles. The zero-order valence-corrected chi connectivity index (χ0v) is 29.1. The number of H-pyrrole nitrogens is 1. The standard InChI is InChI=1S/C25H42ClN7O13P2/c1-4-6-15(7-5-2)11-42-24(38)14(3)32-47(39,43-9-8-28-17(34)10-26)46-48(40,41)44-12-16-19(35)20(36)23(45-16)33-13-29-18-21(33)30-25(27)31-22(18)37/h13-16,19-20,23,35-36H,4-12H2,1-3H3,(H,28,34)(H,32,39)(H,40,41)(H3,27,30,31,37)/t14?,16-,19-,20-,23-,47?/m1/s1. The van der Waals surface area contributed by atoms with Crippen LogP contribution in [0.5, 0.6) is 0 Å². The van der Waals surface area contributed by atoms with Gasteiger partial charge in [0.25, 0.3) is 5.56 Å². The van der Waals surface area contributed by atoms with E-state index in [2.05, 4.69) is 25.4 Å². The number of ether oxygens (including phenoxy) is 2. The van der Waals surface area contributed by atoms with Crippen molar-refractivity contribution in [3.8, 4) is 0 Å². The van der Waals surface area contributed by atoms with Gasteiger partial charge in [0, 0.05) is 6.54 Å². The van der Waals surface area contributed by atoms with Gasteiger partial charge >= 0.3 is 21.5 Å². The number of anilines is 1. The van der Waals surface area contributed by atoms with Gasteiger partial charge in [-0.05, 0) is 25.7 Å². The van der Waals surface area contributed by atoms with Crippen LogP contribution >= 0.6 is 27.2 Å². The summed E-state index contributed by atoms with van der Waals surface area (Å²) in [4.78, 5) is 56.9. The molecule has 0 aliphatic carbocycles. The monoisotopic (exact) mass is 745 g/mol. The summed E-state index contributed by atoms with van der Waals surface area (Å²) in [5, 5.41) is 25.8. The number of nitrogens with two attached hydrogens (primary N) is 1. The number of aromatic amines is 1. The zero-order chi connectivity index (χ0) is 35.6. The first-order chi connectivity index (χ1) is 22.6. The number of aliphatic hydroxyl groups excluding tert-OH is 2. The molecule has 23 heteroatoms. The first-order valence-corrected chi connectivity index (χ1v) is 18.6. The fraction of sp³-hybridized carbons (Fsp3) is 0.720. The summed E-state index contributed by atoms with van der Waals surface area (Å²) in [6, 6.07) is -1.35. The minimum Gasteiger partial charge on any atom is -0.464 e. The molecule has 0 saturated carbocycles. The summed E-state index contributed by atoms with van der Waals surface area (Å²) in [6.07, 6.45) is -1.65. The van der Waals surface area contributed by atoms with Crippen molar-refractivity contribution in [1.29, 1.82) is 0 Å². The van der Waals surface area contributed by atoms with Crippen LogP contribution in [0.2, 0.25) is 0 Å². The number of amides is 1. The molecule has 272 valence electrons. The van der Waals surface area contributed by atoms with Crippen molar-refractivity contribution in [1.82, 2.24) is 29.9 Å². The first kappa shape index (κ1) is 40.0. The third kappa shape index (κ3) is 11.0. The second-order valence-electron chi connectivity index (χ2n) is 10.9. The fourth-order valence-corrected chi connectivity index (χ4v) is 7.85. The third-order valence-electron chi connectivity index (χ3n) is 7.04. The van der Waals surface area contributed by atoms with E-state index in [0.717, 1.165) is 36.6 Å². The molecule has 8 N–H and O–H groups in total. The molecule has 0 spiro atoms. The van der Waals surface area contributed by atoms with E-state index in [1.807, 2.05) is 13.8 Å². The van der Waals surface area contributed by atoms with Crippen molar-refractivity contribution in [3.63, 3.8) is 0 Å². The first-order valence-electron chi connectivity index (χ1n) is 15.1. The van der Waals surface area contributed by atoms with Crippen LogP contribution in [0.4, 0.5) is 5.95 Å². The Morgan fingerprint density at radius 3 is 2.54 bits per heavy atom. The number of aliphatic hydroxyl groups is 2. The van der Waals surface area contributed by atoms with Gasteiger partial charge in [0.2, 0.25) is 11.9 Å². The van der Waals surface area contributed by atoms with Crippen LogP contribution in [0.1, 0.15) is 52.7 Å². The maximum absolute atomic E-state index is 13.6. The molecule has 0 aromatic carbocycles. The van der Waals surface area contributed by atoms with Gasteiger partial charge in [0.05, 0.1) is 26.1 Å². The minimum atomic E-state index is -5.33. The average molecular weight is 746 g/mol. The molecule has 1 amide bonds. The number of carbonyl (C=O) groups is 2. The Balaban J connectivity index is 1.68. The van der Waals surface area contributed by atoms with E-state index in [1.165, 1.54) is 6.92 Å². The Hall–Kier alpha value is -2.48. The van der Waals surface area contributed by atoms with Gasteiger partial charge in [-0.25, -0.2) is 19.2 Å². The highest BCUT2D eigenvalue weighted by atomic mass is 35.5. The van der Waals surface area contributed by atoms with E-state index in [0.29, 0.717) is 0 Å². The van der Waals surface area contributed by atoms with Gasteiger partial charge < -0.3 is 35.6 Å². The Kier molecular flexibility index (Phi) is 14.9. The molecule has 1 saturated heterocycles. The molecule has 1 aliphatic rings. The van der Waals surface area contributed by atoms with Crippen molar-refractivity contribution in [2.24, 2.45) is 5.92 Å². The van der Waals surface area contributed by atoms with Gasteiger partial charge in [0.15, 0.2) is 17.4 Å². The molecule has 7 atom stereocenters. The van der Waals surface area contributed by atoms with Crippen LogP contribution in [0, 0.1) is 5.92 Å². The van der Waals surface area contributed by atoms with Crippen molar-refractivity contribution in [3.05, 3.63) is 16.7 Å². The fourth-order valence-electron chi connectivity index (χ4n) is 4.78. The van der Waals surface area contributed by atoms with Crippen molar-refractivity contribution in [2.75, 3.05) is 38.0 Å². The number of esters is 1. The number of phosphoric acid groups is 1. The van der Waals surface area contributed by atoms with Gasteiger partial charge in [-0.1, -0.05) is 26.7 Å². The summed E-state index contributed by atoms with van der Waals surface area (Å²) >= 11 is 5.43. The topological polar surface area (TPSA) is 289 Å². The maximum atomic E-state index is 13.6. The van der Waals surface area contributed by atoms with Gasteiger partial charge in [-0.15, -0.1) is 11.6 Å². The number of nitrogens with zero attached hydrogens (tertiary/aromatic N) is 3. The number of hydrogen-bond donors (Lipinski definition) is 7. The number of phosphoric ester groups is 1. The largest absolute Gasteiger partial charge is 0.480 e. The predicted octanol–water partition coefficient (Wildman–Crippen LogP) is 0.672. The van der Waals surface area contributed by atoms with E-state index in [4.69, 9.17) is 40.2 Å². The van der Waals surface area contributed by atoms with Crippen LogP contribution in [0.3, 0.4) is 0 Å². The van der Waals surface area contributed by atoms with E-state index in [9.17, 15) is 38.6 Å². The summed E-state index contributed by atoms with van der Waals surface area (Å²) in [7, 11) is -10.2. The molecule has 0 bridgehead atoms. The number of aromatic nitrogens is 4. The van der Waals surface area contributed by atoms with Crippen LogP contribution in [0.15, 0.2) is 11.1 Å². The molecule has 0 radical (unpaired) electrons. The van der Waals surface area contributed by atoms with Gasteiger partial charge in [-0.2, -0.15) is 9.29 Å². The molecule has 2 aromatic rings. The molecule has 20 nitrogen and oxygen atoms in total. The molecule has 3 rings (SSSR count). The molecular weight excluding hydrogens is 704 g/mol. The van der Waals surface area contributed by atoms with Crippen LogP contribution in [-0.4, -0.2) is 103 Å². The van der Waals surface area contributed by atoms with E-state index >= 15 is 0 Å². The zero-order valence-electron chi connectivity index (χ0n) is 26.5. The third-order valence-corrected chi connectivity index (χ3v) is 10.7. The van der Waals surface area contributed by atoms with Gasteiger partial charge in [-0.3, -0.25) is 33.0 Å². The van der Waals surface area contributed by atoms with Crippen LogP contribution < -0.4 is 21.7 Å². The molecule has 1 fully saturated rings. The summed E-state index contributed by atoms with van der Waals surface area (Å²) in [6.45, 7) is 3.76. The maximum Gasteiger partial charge on any atom is 0.480 e. The summed E-state index contributed by atoms with van der Waals surface area (Å²) in [5.41, 5.74) is 4.73. The number of hydrogen-bond acceptors (Lipinski definition) is 15. The van der Waals surface area contributed by atoms with E-state index in [-0.39, 0.29) is 42.1 Å². The Morgan fingerprint density at radius 1 is 1.21 bits per heavy atom. The highest BCUT2D eigenvalue weighted by Crippen LogP contribution is 2.61. The lowest BCUT2D eigenvalue weighted by atomic mass is 9.99. The SMILES string of the molecule is CCCC(CCC)COC(=O)C(C)NP(=O)(OCCNC(=O)CCl)OP(=O)(O)OC[C@H]1O[C@@H](n2cnc3c(=O)[nH]c(N)nc32)[C@H](O)[C@@H]1O. The second kappa shape index (κ2) is 18.0. The molecular formula is C25H42ClN7O13P2. The molecule has 48 heavy (non-hydrogen) atoms. The number of fused-ring (bicyclic) bond motifs is 1. The number of rotatable bonds is 20. The smallest absolute Gasteiger partial charge is 0.464 e.